The lowest BCUT2D eigenvalue weighted by molar-refractivity contribution is 0.414. The number of ether oxygens (including phenoxy) is 1. The number of oxazole rings is 1. The van der Waals surface area contributed by atoms with E-state index in [0.29, 0.717) is 12.1 Å². The number of H-pyrrole nitrogens is 1. The third-order valence-corrected chi connectivity index (χ3v) is 4.79. The second kappa shape index (κ2) is 5.52. The van der Waals surface area contributed by atoms with Gasteiger partial charge < -0.3 is 14.1 Å². The zero-order valence-corrected chi connectivity index (χ0v) is 14.2. The van der Waals surface area contributed by atoms with E-state index in [9.17, 15) is 4.79 Å². The summed E-state index contributed by atoms with van der Waals surface area (Å²) in [5.74, 6) is 0.436. The minimum absolute atomic E-state index is 0.353. The van der Waals surface area contributed by atoms with E-state index in [2.05, 4.69) is 11.1 Å². The Morgan fingerprint density at radius 3 is 2.62 bits per heavy atom. The number of nitrogens with zero attached hydrogens (tertiary/aromatic N) is 1. The second-order valence-electron chi connectivity index (χ2n) is 6.31. The first-order valence-corrected chi connectivity index (χ1v) is 8.40. The van der Waals surface area contributed by atoms with Gasteiger partial charge in [-0.25, -0.2) is 4.79 Å². The fraction of sp³-hybridized carbons (Fsp3) is 0.0952. The van der Waals surface area contributed by atoms with Crippen LogP contribution in [0.3, 0.4) is 0 Å². The summed E-state index contributed by atoms with van der Waals surface area (Å²) in [6, 6.07) is 19.6. The Morgan fingerprint density at radius 1 is 1.00 bits per heavy atom. The molecule has 0 bridgehead atoms. The molecule has 2 heterocycles. The van der Waals surface area contributed by atoms with Crippen LogP contribution < -0.4 is 10.5 Å². The summed E-state index contributed by atoms with van der Waals surface area (Å²) in [6.07, 6.45) is 0. The zero-order chi connectivity index (χ0) is 17.7. The Balaban J connectivity index is 1.78. The van der Waals surface area contributed by atoms with Crippen molar-refractivity contribution in [1.82, 2.24) is 9.55 Å². The molecule has 5 rings (SSSR count). The molecule has 0 unspecified atom stereocenters. The molecule has 0 fully saturated rings. The molecule has 0 atom stereocenters. The van der Waals surface area contributed by atoms with Crippen molar-refractivity contribution >= 4 is 32.9 Å². The van der Waals surface area contributed by atoms with Crippen molar-refractivity contribution in [2.45, 2.75) is 6.54 Å². The Labute approximate surface area is 148 Å². The molecular weight excluding hydrogens is 328 g/mol. The normalized spacial score (nSPS) is 11.6. The van der Waals surface area contributed by atoms with Gasteiger partial charge in [-0.2, -0.15) is 0 Å². The highest BCUT2D eigenvalue weighted by Gasteiger charge is 2.16. The van der Waals surface area contributed by atoms with E-state index >= 15 is 0 Å². The molecule has 0 saturated carbocycles. The third kappa shape index (κ3) is 2.14. The molecule has 0 radical (unpaired) electrons. The highest BCUT2D eigenvalue weighted by atomic mass is 16.5. The molecule has 0 aliphatic carbocycles. The predicted molar refractivity (Wildman–Crippen MR) is 102 cm³/mol. The number of nitrogens with one attached hydrogen (secondary N) is 1. The molecule has 26 heavy (non-hydrogen) atoms. The quantitative estimate of drug-likeness (QED) is 0.531. The van der Waals surface area contributed by atoms with Crippen molar-refractivity contribution in [1.29, 1.82) is 0 Å². The van der Waals surface area contributed by atoms with E-state index in [1.165, 1.54) is 0 Å². The van der Waals surface area contributed by atoms with Crippen LogP contribution >= 0.6 is 0 Å². The Morgan fingerprint density at radius 2 is 1.81 bits per heavy atom. The molecule has 1 N–H and O–H groups in total. The van der Waals surface area contributed by atoms with Gasteiger partial charge in [0, 0.05) is 21.8 Å². The lowest BCUT2D eigenvalue weighted by Crippen LogP contribution is -2.14. The van der Waals surface area contributed by atoms with Gasteiger partial charge >= 0.3 is 5.76 Å². The van der Waals surface area contributed by atoms with Crippen molar-refractivity contribution in [3.05, 3.63) is 76.8 Å². The van der Waals surface area contributed by atoms with Crippen molar-refractivity contribution in [3.8, 4) is 5.75 Å². The van der Waals surface area contributed by atoms with E-state index in [0.717, 1.165) is 38.6 Å². The van der Waals surface area contributed by atoms with Crippen molar-refractivity contribution < 1.29 is 9.15 Å². The monoisotopic (exact) mass is 344 g/mol. The van der Waals surface area contributed by atoms with Crippen molar-refractivity contribution in [2.75, 3.05) is 7.11 Å². The highest BCUT2D eigenvalue weighted by Crippen LogP contribution is 2.32. The minimum Gasteiger partial charge on any atom is -0.497 e. The standard InChI is InChI=1S/C21H16N2O3/c1-25-14-8-6-13(7-9-14)12-23-20-18(26-21(23)24)11-10-17-19(20)15-4-2-3-5-16(15)22-17/h2-11,22H,12H2,1H3. The Hall–Kier alpha value is -3.47. The molecule has 0 amide bonds. The molecule has 0 aliphatic heterocycles. The molecule has 0 saturated heterocycles. The van der Waals surface area contributed by atoms with E-state index < -0.39 is 0 Å². The number of fused-ring (bicyclic) bond motifs is 5. The number of para-hydroxylation sites is 1. The predicted octanol–water partition coefficient (Wildman–Crippen LogP) is 4.29. The zero-order valence-electron chi connectivity index (χ0n) is 14.2. The van der Waals surface area contributed by atoms with Crippen LogP contribution in [0.4, 0.5) is 0 Å². The van der Waals surface area contributed by atoms with Crippen LogP contribution in [-0.2, 0) is 6.54 Å². The molecule has 2 aromatic heterocycles. The van der Waals surface area contributed by atoms with Gasteiger partial charge in [0.15, 0.2) is 5.58 Å². The van der Waals surface area contributed by atoms with Gasteiger partial charge in [-0.05, 0) is 35.9 Å². The van der Waals surface area contributed by atoms with Crippen LogP contribution in [0.15, 0.2) is 69.9 Å². The Bertz CT molecular complexity index is 1310. The third-order valence-electron chi connectivity index (χ3n) is 4.79. The van der Waals surface area contributed by atoms with Crippen LogP contribution in [-0.4, -0.2) is 16.7 Å². The van der Waals surface area contributed by atoms with Gasteiger partial charge in [0.2, 0.25) is 0 Å². The number of rotatable bonds is 3. The molecule has 128 valence electrons. The summed E-state index contributed by atoms with van der Waals surface area (Å²) in [6.45, 7) is 0.439. The number of aromatic nitrogens is 2. The smallest absolute Gasteiger partial charge is 0.420 e. The van der Waals surface area contributed by atoms with Crippen LogP contribution in [0.1, 0.15) is 5.56 Å². The molecule has 0 spiro atoms. The van der Waals surface area contributed by atoms with E-state index in [1.54, 1.807) is 11.7 Å². The van der Waals surface area contributed by atoms with Crippen LogP contribution in [0, 0.1) is 0 Å². The fourth-order valence-electron chi connectivity index (χ4n) is 3.55. The van der Waals surface area contributed by atoms with Gasteiger partial charge in [-0.1, -0.05) is 30.3 Å². The number of aromatic amines is 1. The van der Waals surface area contributed by atoms with Gasteiger partial charge in [0.05, 0.1) is 13.7 Å². The van der Waals surface area contributed by atoms with Crippen LogP contribution in [0.5, 0.6) is 5.75 Å². The average molecular weight is 344 g/mol. The number of methoxy groups -OCH3 is 1. The van der Waals surface area contributed by atoms with Crippen molar-refractivity contribution in [2.24, 2.45) is 0 Å². The molecule has 0 aliphatic rings. The van der Waals surface area contributed by atoms with Crippen molar-refractivity contribution in [3.63, 3.8) is 0 Å². The first kappa shape index (κ1) is 14.8. The summed E-state index contributed by atoms with van der Waals surface area (Å²) in [5, 5.41) is 2.09. The van der Waals surface area contributed by atoms with E-state index in [1.807, 2.05) is 54.6 Å². The summed E-state index contributed by atoms with van der Waals surface area (Å²) in [4.78, 5) is 15.9. The van der Waals surface area contributed by atoms with Gasteiger partial charge in [0.1, 0.15) is 11.3 Å². The maximum absolute atomic E-state index is 12.5. The maximum Gasteiger partial charge on any atom is 0.420 e. The number of benzene rings is 3. The number of hydrogen-bond acceptors (Lipinski definition) is 3. The number of hydrogen-bond donors (Lipinski definition) is 1. The summed E-state index contributed by atoms with van der Waals surface area (Å²) < 4.78 is 12.4. The highest BCUT2D eigenvalue weighted by molar-refractivity contribution is 6.18. The minimum atomic E-state index is -0.353. The van der Waals surface area contributed by atoms with E-state index in [-0.39, 0.29) is 5.76 Å². The molecular formula is C21H16N2O3. The fourth-order valence-corrected chi connectivity index (χ4v) is 3.55. The molecule has 5 aromatic rings. The average Bonchev–Trinajstić information content (AvgIpc) is 3.20. The summed E-state index contributed by atoms with van der Waals surface area (Å²) in [5.41, 5.74) is 4.46. The second-order valence-corrected chi connectivity index (χ2v) is 6.31. The summed E-state index contributed by atoms with van der Waals surface area (Å²) in [7, 11) is 1.64. The lowest BCUT2D eigenvalue weighted by Gasteiger charge is -2.05. The first-order chi connectivity index (χ1) is 12.7. The molecule has 5 heteroatoms. The topological polar surface area (TPSA) is 60.2 Å². The van der Waals surface area contributed by atoms with E-state index in [4.69, 9.17) is 9.15 Å². The van der Waals surface area contributed by atoms with Gasteiger partial charge in [-0.3, -0.25) is 4.57 Å². The van der Waals surface area contributed by atoms with Gasteiger partial charge in [0.25, 0.3) is 0 Å². The maximum atomic E-state index is 12.5. The SMILES string of the molecule is COc1ccc(Cn2c(=O)oc3ccc4[nH]c5ccccc5c4c32)cc1. The first-order valence-electron chi connectivity index (χ1n) is 8.40. The summed E-state index contributed by atoms with van der Waals surface area (Å²) >= 11 is 0. The molecule has 3 aromatic carbocycles. The largest absolute Gasteiger partial charge is 0.497 e. The Kier molecular flexibility index (Phi) is 3.15. The molecule has 5 nitrogen and oxygen atoms in total. The lowest BCUT2D eigenvalue weighted by atomic mass is 10.1. The van der Waals surface area contributed by atoms with Gasteiger partial charge in [-0.15, -0.1) is 0 Å². The van der Waals surface area contributed by atoms with Crippen LogP contribution in [0.25, 0.3) is 32.9 Å². The van der Waals surface area contributed by atoms with Crippen LogP contribution in [0.2, 0.25) is 0 Å².